The molecular formula is C26H38Cl2N4O4S. The maximum absolute atomic E-state index is 13.8. The highest BCUT2D eigenvalue weighted by molar-refractivity contribution is 7.91. The Morgan fingerprint density at radius 2 is 1.35 bits per heavy atom. The first-order valence-corrected chi connectivity index (χ1v) is 13.8. The van der Waals surface area contributed by atoms with Gasteiger partial charge in [-0.3, -0.25) is 10.0 Å². The molecule has 37 heavy (non-hydrogen) atoms. The second kappa shape index (κ2) is 13.2. The third-order valence-corrected chi connectivity index (χ3v) is 10.0. The topological polar surface area (TPSA) is 93.2 Å². The Morgan fingerprint density at radius 1 is 0.865 bits per heavy atom. The number of carbonyl (C=O) groups is 1. The maximum atomic E-state index is 13.8. The summed E-state index contributed by atoms with van der Waals surface area (Å²) in [5.74, 6) is -0.838. The van der Waals surface area contributed by atoms with Gasteiger partial charge in [0.25, 0.3) is 5.91 Å². The van der Waals surface area contributed by atoms with Gasteiger partial charge >= 0.3 is 0 Å². The lowest BCUT2D eigenvalue weighted by Gasteiger charge is -2.44. The molecule has 2 aliphatic heterocycles. The van der Waals surface area contributed by atoms with E-state index in [0.717, 1.165) is 29.8 Å². The van der Waals surface area contributed by atoms with E-state index in [9.17, 15) is 18.4 Å². The molecule has 11 heteroatoms. The summed E-state index contributed by atoms with van der Waals surface area (Å²) < 4.78 is 27.4. The number of aryl methyl sites for hydroxylation is 2. The molecule has 2 heterocycles. The lowest BCUT2D eigenvalue weighted by Crippen LogP contribution is -2.63. The first-order chi connectivity index (χ1) is 16.8. The summed E-state index contributed by atoms with van der Waals surface area (Å²) in [7, 11) is -3.98. The molecule has 0 radical (unpaired) electrons. The van der Waals surface area contributed by atoms with Gasteiger partial charge in [0.2, 0.25) is 10.0 Å². The van der Waals surface area contributed by atoms with Crippen LogP contribution in [0.4, 0.5) is 11.4 Å². The van der Waals surface area contributed by atoms with Crippen LogP contribution in [0.2, 0.25) is 0 Å². The second-order valence-corrected chi connectivity index (χ2v) is 11.8. The average Bonchev–Trinajstić information content (AvgIpc) is 2.89. The number of carbonyl (C=O) groups excluding carboxylic acids is 1. The number of anilines is 2. The van der Waals surface area contributed by atoms with Gasteiger partial charge in [-0.15, -0.1) is 24.8 Å². The lowest BCUT2D eigenvalue weighted by molar-refractivity contribution is -0.132. The maximum Gasteiger partial charge on any atom is 0.266 e. The Kier molecular flexibility index (Phi) is 11.1. The van der Waals surface area contributed by atoms with Crippen molar-refractivity contribution >= 4 is 52.1 Å². The Labute approximate surface area is 232 Å². The van der Waals surface area contributed by atoms with Crippen molar-refractivity contribution in [1.82, 2.24) is 9.79 Å². The van der Waals surface area contributed by atoms with Crippen LogP contribution in [0.1, 0.15) is 37.3 Å². The van der Waals surface area contributed by atoms with Gasteiger partial charge in [0, 0.05) is 50.6 Å². The minimum absolute atomic E-state index is 0. The first kappa shape index (κ1) is 31.2. The Hall–Kier alpha value is -2.04. The largest absolute Gasteiger partial charge is 0.371 e. The number of piperazine rings is 1. The second-order valence-electron chi connectivity index (χ2n) is 9.57. The van der Waals surface area contributed by atoms with E-state index < -0.39 is 20.7 Å². The third kappa shape index (κ3) is 6.34. The summed E-state index contributed by atoms with van der Waals surface area (Å²) in [5.41, 5.74) is 6.19. The van der Waals surface area contributed by atoms with Crippen LogP contribution in [-0.4, -0.2) is 67.9 Å². The Balaban J connectivity index is 0.00000241. The minimum Gasteiger partial charge on any atom is -0.371 e. The van der Waals surface area contributed by atoms with E-state index in [0.29, 0.717) is 39.3 Å². The summed E-state index contributed by atoms with van der Waals surface area (Å²) in [5, 5.41) is 9.47. The molecule has 0 saturated carbocycles. The molecule has 0 atom stereocenters. The molecule has 8 nitrogen and oxygen atoms in total. The Morgan fingerprint density at radius 3 is 1.84 bits per heavy atom. The van der Waals surface area contributed by atoms with Crippen LogP contribution in [0, 0.1) is 6.92 Å². The van der Waals surface area contributed by atoms with Crippen molar-refractivity contribution in [3.8, 4) is 0 Å². The van der Waals surface area contributed by atoms with Crippen molar-refractivity contribution in [2.24, 2.45) is 0 Å². The molecule has 2 aliphatic rings. The highest BCUT2D eigenvalue weighted by Crippen LogP contribution is 2.36. The van der Waals surface area contributed by atoms with Gasteiger partial charge in [-0.05, 0) is 56.0 Å². The predicted octanol–water partition coefficient (Wildman–Crippen LogP) is 3.79. The standard InChI is InChI=1S/C26H36N4O4S.2ClH/c1-3-4-22-7-11-24(12-8-22)29-17-19-30(20-18-29)35(33,34)26(25(31)27-32)13-15-28(16-14-26)23-9-5-21(2)6-10-23;;/h5-12,32H,3-4,13-20H2,1-2H3,(H,27,31);2*1H. The van der Waals surface area contributed by atoms with E-state index in [2.05, 4.69) is 41.0 Å². The first-order valence-electron chi connectivity index (χ1n) is 12.4. The fourth-order valence-corrected chi connectivity index (χ4v) is 7.30. The summed E-state index contributed by atoms with van der Waals surface area (Å²) in [6, 6.07) is 16.5. The SMILES string of the molecule is CCCc1ccc(N2CCN(S(=O)(=O)C3(C(=O)NO)CCN(c4ccc(C)cc4)CC3)CC2)cc1.Cl.Cl. The molecule has 2 fully saturated rings. The summed E-state index contributed by atoms with van der Waals surface area (Å²) in [6.45, 7) is 6.73. The number of hydrogen-bond acceptors (Lipinski definition) is 6. The van der Waals surface area contributed by atoms with E-state index in [1.165, 1.54) is 9.87 Å². The van der Waals surface area contributed by atoms with E-state index in [1.54, 1.807) is 5.48 Å². The monoisotopic (exact) mass is 572 g/mol. The molecule has 2 saturated heterocycles. The van der Waals surface area contributed by atoms with E-state index in [4.69, 9.17) is 0 Å². The van der Waals surface area contributed by atoms with Crippen LogP contribution in [0.3, 0.4) is 0 Å². The molecule has 0 aliphatic carbocycles. The van der Waals surface area contributed by atoms with E-state index >= 15 is 0 Å². The van der Waals surface area contributed by atoms with Crippen LogP contribution in [0.25, 0.3) is 0 Å². The number of hydroxylamine groups is 1. The molecule has 2 N–H and O–H groups in total. The molecule has 0 bridgehead atoms. The van der Waals surface area contributed by atoms with Crippen LogP contribution in [0.15, 0.2) is 48.5 Å². The fourth-order valence-electron chi connectivity index (χ4n) is 5.18. The zero-order valence-corrected chi connectivity index (χ0v) is 23.9. The smallest absolute Gasteiger partial charge is 0.266 e. The molecule has 0 aromatic heterocycles. The summed E-state index contributed by atoms with van der Waals surface area (Å²) in [6.07, 6.45) is 2.38. The zero-order valence-electron chi connectivity index (χ0n) is 21.4. The van der Waals surface area contributed by atoms with Crippen molar-refractivity contribution < 1.29 is 18.4 Å². The van der Waals surface area contributed by atoms with Gasteiger partial charge in [0.15, 0.2) is 4.75 Å². The van der Waals surface area contributed by atoms with Crippen LogP contribution >= 0.6 is 24.8 Å². The quantitative estimate of drug-likeness (QED) is 0.387. The van der Waals surface area contributed by atoms with Crippen molar-refractivity contribution in [2.75, 3.05) is 49.1 Å². The van der Waals surface area contributed by atoms with Gasteiger partial charge in [-0.25, -0.2) is 13.9 Å². The van der Waals surface area contributed by atoms with Crippen molar-refractivity contribution in [2.45, 2.75) is 44.3 Å². The van der Waals surface area contributed by atoms with E-state index in [1.807, 2.05) is 31.2 Å². The van der Waals surface area contributed by atoms with Crippen molar-refractivity contribution in [3.63, 3.8) is 0 Å². The number of amides is 1. The number of benzene rings is 2. The van der Waals surface area contributed by atoms with Gasteiger partial charge < -0.3 is 9.80 Å². The van der Waals surface area contributed by atoms with Crippen molar-refractivity contribution in [3.05, 3.63) is 59.7 Å². The molecule has 206 valence electrons. The zero-order chi connectivity index (χ0) is 25.1. The number of sulfonamides is 1. The minimum atomic E-state index is -3.98. The van der Waals surface area contributed by atoms with Crippen LogP contribution < -0.4 is 15.3 Å². The molecule has 4 rings (SSSR count). The number of nitrogens with zero attached hydrogens (tertiary/aromatic N) is 3. The van der Waals surface area contributed by atoms with Gasteiger partial charge in [0.1, 0.15) is 0 Å². The highest BCUT2D eigenvalue weighted by atomic mass is 35.5. The molecule has 1 amide bonds. The Bertz CT molecular complexity index is 1110. The number of nitrogens with one attached hydrogen (secondary N) is 1. The number of piperidine rings is 1. The number of rotatable bonds is 7. The van der Waals surface area contributed by atoms with Crippen LogP contribution in [0.5, 0.6) is 0 Å². The van der Waals surface area contributed by atoms with Gasteiger partial charge in [-0.1, -0.05) is 43.2 Å². The van der Waals surface area contributed by atoms with Gasteiger partial charge in [-0.2, -0.15) is 4.31 Å². The molecule has 2 aromatic carbocycles. The lowest BCUT2D eigenvalue weighted by atomic mass is 9.94. The normalized spacial score (nSPS) is 17.9. The molecule has 0 unspecified atom stereocenters. The average molecular weight is 574 g/mol. The number of halogens is 2. The third-order valence-electron chi connectivity index (χ3n) is 7.40. The fraction of sp³-hybridized carbons (Fsp3) is 0.500. The molecule has 0 spiro atoms. The van der Waals surface area contributed by atoms with Crippen LogP contribution in [-0.2, 0) is 21.2 Å². The van der Waals surface area contributed by atoms with E-state index in [-0.39, 0.29) is 37.7 Å². The molecular weight excluding hydrogens is 535 g/mol. The summed E-state index contributed by atoms with van der Waals surface area (Å²) >= 11 is 0. The molecule has 2 aromatic rings. The highest BCUT2D eigenvalue weighted by Gasteiger charge is 2.55. The van der Waals surface area contributed by atoms with Gasteiger partial charge in [0.05, 0.1) is 0 Å². The predicted molar refractivity (Wildman–Crippen MR) is 153 cm³/mol. The number of hydrogen-bond donors (Lipinski definition) is 2. The summed E-state index contributed by atoms with van der Waals surface area (Å²) in [4.78, 5) is 17.1. The van der Waals surface area contributed by atoms with Crippen molar-refractivity contribution in [1.29, 1.82) is 0 Å².